The third-order valence-corrected chi connectivity index (χ3v) is 9.10. The summed E-state index contributed by atoms with van der Waals surface area (Å²) in [5.41, 5.74) is -1.26. The second kappa shape index (κ2) is 11.2. The molecule has 0 N–H and O–H groups in total. The molecule has 3 rings (SSSR count). The van der Waals surface area contributed by atoms with E-state index in [-0.39, 0.29) is 33.2 Å². The van der Waals surface area contributed by atoms with Crippen molar-refractivity contribution in [2.24, 2.45) is 0 Å². The molecule has 10 heteroatoms. The Morgan fingerprint density at radius 2 is 0.568 bits per heavy atom. The molecule has 0 aromatic rings. The average molecular weight is 548 g/mol. The van der Waals surface area contributed by atoms with Crippen molar-refractivity contribution in [1.82, 2.24) is 15.2 Å². The van der Waals surface area contributed by atoms with Crippen LogP contribution < -0.4 is 0 Å². The summed E-state index contributed by atoms with van der Waals surface area (Å²) < 4.78 is 17.6. The van der Waals surface area contributed by atoms with Gasteiger partial charge in [0.2, 0.25) is 0 Å². The molecule has 0 amide bonds. The van der Waals surface area contributed by atoms with Gasteiger partial charge >= 0.3 is 8.60 Å². The molecule has 0 saturated carbocycles. The monoisotopic (exact) mass is 547 g/mol. The minimum Gasteiger partial charge on any atom is -0.145 e. The Morgan fingerprint density at radius 3 is 0.757 bits per heavy atom. The molecule has 3 saturated heterocycles. The summed E-state index contributed by atoms with van der Waals surface area (Å²) in [4.78, 5) is 17.9. The molecule has 0 atom stereocenters. The summed E-state index contributed by atoms with van der Waals surface area (Å²) in [6.45, 7) is 25.9. The molecule has 0 aromatic carbocycles. The first-order chi connectivity index (χ1) is 16.8. The standard InChI is InChI=1S/C27H54N3O6P/c1-22(2)16-13-17-23(3,4)28(22)31-34-37(35-32-29-24(5,6)18-14-19-25(29,7)8)36-33-30-26(9,10)20-15-21-27(30,11)12/h13-21H2,1-12H3. The van der Waals surface area contributed by atoms with Crippen LogP contribution in [0.25, 0.3) is 0 Å². The lowest BCUT2D eigenvalue weighted by atomic mass is 9.82. The molecule has 37 heavy (non-hydrogen) atoms. The molecule has 0 aliphatic carbocycles. The van der Waals surface area contributed by atoms with Gasteiger partial charge in [0.05, 0.1) is 0 Å². The predicted molar refractivity (Wildman–Crippen MR) is 145 cm³/mol. The van der Waals surface area contributed by atoms with Crippen LogP contribution in [0.1, 0.15) is 141 Å². The van der Waals surface area contributed by atoms with Crippen molar-refractivity contribution in [3.05, 3.63) is 0 Å². The van der Waals surface area contributed by atoms with Crippen molar-refractivity contribution in [2.75, 3.05) is 0 Å². The highest BCUT2D eigenvalue weighted by Gasteiger charge is 2.48. The number of hydrogen-bond donors (Lipinski definition) is 0. The van der Waals surface area contributed by atoms with E-state index in [1.807, 2.05) is 15.2 Å². The quantitative estimate of drug-likeness (QED) is 0.163. The van der Waals surface area contributed by atoms with Crippen molar-refractivity contribution in [1.29, 1.82) is 0 Å². The van der Waals surface area contributed by atoms with Crippen LogP contribution in [0.2, 0.25) is 0 Å². The fraction of sp³-hybridized carbons (Fsp3) is 1.00. The number of hydroxylamine groups is 6. The molecule has 0 unspecified atom stereocenters. The van der Waals surface area contributed by atoms with E-state index in [1.54, 1.807) is 0 Å². The van der Waals surface area contributed by atoms with Crippen molar-refractivity contribution in [2.45, 2.75) is 174 Å². The minimum atomic E-state index is -2.18. The Bertz CT molecular complexity index is 625. The van der Waals surface area contributed by atoms with Gasteiger partial charge < -0.3 is 0 Å². The fourth-order valence-electron chi connectivity index (χ4n) is 6.75. The van der Waals surface area contributed by atoms with Gasteiger partial charge in [-0.25, -0.2) is 0 Å². The van der Waals surface area contributed by atoms with Crippen molar-refractivity contribution < 1.29 is 29.0 Å². The summed E-state index contributed by atoms with van der Waals surface area (Å²) in [6, 6.07) is 0. The molecular weight excluding hydrogens is 493 g/mol. The molecule has 0 aromatic heterocycles. The molecular formula is C27H54N3O6P. The molecule has 0 bridgehead atoms. The second-order valence-corrected chi connectivity index (χ2v) is 15.9. The normalized spacial score (nSPS) is 29.4. The Morgan fingerprint density at radius 1 is 0.378 bits per heavy atom. The Kier molecular flexibility index (Phi) is 9.52. The number of rotatable bonds is 9. The summed E-state index contributed by atoms with van der Waals surface area (Å²) in [6.07, 6.45) is 9.39. The second-order valence-electron chi connectivity index (χ2n) is 15.0. The van der Waals surface area contributed by atoms with Gasteiger partial charge in [-0.2, -0.15) is 0 Å². The van der Waals surface area contributed by atoms with E-state index >= 15 is 0 Å². The molecule has 3 aliphatic rings. The molecule has 0 radical (unpaired) electrons. The molecule has 9 nitrogen and oxygen atoms in total. The van der Waals surface area contributed by atoms with E-state index in [1.165, 1.54) is 0 Å². The summed E-state index contributed by atoms with van der Waals surface area (Å²) in [5.74, 6) is 0. The minimum absolute atomic E-state index is 0.210. The lowest BCUT2D eigenvalue weighted by Crippen LogP contribution is -2.58. The van der Waals surface area contributed by atoms with Crippen LogP contribution >= 0.6 is 8.60 Å². The fourth-order valence-corrected chi connectivity index (χ4v) is 7.19. The van der Waals surface area contributed by atoms with E-state index in [9.17, 15) is 0 Å². The maximum Gasteiger partial charge on any atom is 0.426 e. The van der Waals surface area contributed by atoms with Crippen LogP contribution in [0.5, 0.6) is 0 Å². The lowest BCUT2D eigenvalue weighted by Gasteiger charge is -2.51. The average Bonchev–Trinajstić information content (AvgIpc) is 2.69. The summed E-state index contributed by atoms with van der Waals surface area (Å²) in [7, 11) is -2.18. The zero-order valence-corrected chi connectivity index (χ0v) is 26.5. The van der Waals surface area contributed by atoms with Crippen molar-refractivity contribution in [3.8, 4) is 0 Å². The lowest BCUT2D eigenvalue weighted by molar-refractivity contribution is -0.489. The highest BCUT2D eigenvalue weighted by molar-refractivity contribution is 7.41. The molecule has 3 fully saturated rings. The zero-order valence-electron chi connectivity index (χ0n) is 25.6. The Labute approximate surface area is 227 Å². The molecule has 218 valence electrons. The molecule has 3 aliphatic heterocycles. The van der Waals surface area contributed by atoms with E-state index < -0.39 is 8.60 Å². The van der Waals surface area contributed by atoms with Crippen LogP contribution in [0.15, 0.2) is 0 Å². The van der Waals surface area contributed by atoms with E-state index in [4.69, 9.17) is 29.0 Å². The van der Waals surface area contributed by atoms with Crippen LogP contribution in [0.4, 0.5) is 0 Å². The number of piperidine rings is 3. The number of nitrogens with zero attached hydrogens (tertiary/aromatic N) is 3. The first-order valence-electron chi connectivity index (χ1n) is 14.1. The Hall–Kier alpha value is 0.0700. The van der Waals surface area contributed by atoms with Crippen LogP contribution in [0.3, 0.4) is 0 Å². The van der Waals surface area contributed by atoms with Gasteiger partial charge in [-0.1, -0.05) is 0 Å². The maximum absolute atomic E-state index is 5.98. The van der Waals surface area contributed by atoms with Crippen LogP contribution in [0, 0.1) is 0 Å². The van der Waals surface area contributed by atoms with Gasteiger partial charge in [-0.05, 0) is 141 Å². The van der Waals surface area contributed by atoms with Gasteiger partial charge in [0.25, 0.3) is 0 Å². The van der Waals surface area contributed by atoms with Crippen LogP contribution in [-0.2, 0) is 29.0 Å². The van der Waals surface area contributed by atoms with Crippen molar-refractivity contribution >= 4 is 8.60 Å². The highest BCUT2D eigenvalue weighted by Crippen LogP contribution is 2.49. The van der Waals surface area contributed by atoms with Gasteiger partial charge in [-0.3, -0.25) is 0 Å². The maximum atomic E-state index is 5.98. The summed E-state index contributed by atoms with van der Waals surface area (Å²) in [5, 5.41) is 5.74. The molecule has 3 heterocycles. The summed E-state index contributed by atoms with van der Waals surface area (Å²) >= 11 is 0. The predicted octanol–water partition coefficient (Wildman–Crippen LogP) is 7.93. The first kappa shape index (κ1) is 31.6. The first-order valence-corrected chi connectivity index (χ1v) is 15.2. The van der Waals surface area contributed by atoms with Gasteiger partial charge in [0.15, 0.2) is 0 Å². The zero-order chi connectivity index (χ0) is 27.9. The van der Waals surface area contributed by atoms with E-state index in [0.717, 1.165) is 57.8 Å². The van der Waals surface area contributed by atoms with Gasteiger partial charge in [0.1, 0.15) is 0 Å². The SMILES string of the molecule is CC1(C)CCCC(C)(C)N1OOP(OON1C(C)(C)CCCC1(C)C)OON1C(C)(C)CCCC1(C)C. The van der Waals surface area contributed by atoms with Gasteiger partial charge in [-0.15, -0.1) is 44.2 Å². The third kappa shape index (κ3) is 7.43. The topological polar surface area (TPSA) is 65.1 Å². The molecule has 0 spiro atoms. The van der Waals surface area contributed by atoms with E-state index in [2.05, 4.69) is 83.1 Å². The number of hydrogen-bond acceptors (Lipinski definition) is 9. The van der Waals surface area contributed by atoms with Gasteiger partial charge in [0, 0.05) is 33.2 Å². The smallest absolute Gasteiger partial charge is 0.145 e. The highest BCUT2D eigenvalue weighted by atomic mass is 31.2. The largest absolute Gasteiger partial charge is 0.426 e. The van der Waals surface area contributed by atoms with E-state index in [0.29, 0.717) is 0 Å². The Balaban J connectivity index is 1.75. The van der Waals surface area contributed by atoms with Crippen LogP contribution in [-0.4, -0.2) is 48.4 Å². The van der Waals surface area contributed by atoms with Crippen molar-refractivity contribution in [3.63, 3.8) is 0 Å². The third-order valence-electron chi connectivity index (χ3n) is 8.54.